The van der Waals surface area contributed by atoms with Gasteiger partial charge in [-0.2, -0.15) is 0 Å². The van der Waals surface area contributed by atoms with Crippen LogP contribution in [0.15, 0.2) is 48.5 Å². The van der Waals surface area contributed by atoms with E-state index in [-0.39, 0.29) is 5.91 Å². The van der Waals surface area contributed by atoms with Gasteiger partial charge in [-0.3, -0.25) is 4.79 Å². The molecule has 128 valence electrons. The summed E-state index contributed by atoms with van der Waals surface area (Å²) in [6.45, 7) is 4.03. The highest BCUT2D eigenvalue weighted by Gasteiger charge is 2.02. The van der Waals surface area contributed by atoms with Crippen molar-refractivity contribution in [1.82, 2.24) is 5.32 Å². The summed E-state index contributed by atoms with van der Waals surface area (Å²) in [6.07, 6.45) is 1.32. The van der Waals surface area contributed by atoms with E-state index < -0.39 is 0 Å². The Hall–Kier alpha value is -2.04. The van der Waals surface area contributed by atoms with E-state index in [1.807, 2.05) is 55.5 Å². The number of halogens is 1. The average molecular weight is 347 g/mol. The number of nitrogens with one attached hydrogen (secondary N) is 2. The minimum absolute atomic E-state index is 0.00517. The Morgan fingerprint density at radius 3 is 2.62 bits per heavy atom. The summed E-state index contributed by atoms with van der Waals surface area (Å²) >= 11 is 5.95. The fourth-order valence-corrected chi connectivity index (χ4v) is 2.49. The van der Waals surface area contributed by atoms with E-state index in [0.29, 0.717) is 19.6 Å². The van der Waals surface area contributed by atoms with Gasteiger partial charge in [0.05, 0.1) is 6.61 Å². The zero-order chi connectivity index (χ0) is 17.2. The first-order chi connectivity index (χ1) is 11.7. The van der Waals surface area contributed by atoms with Crippen LogP contribution in [0, 0.1) is 0 Å². The molecule has 1 amide bonds. The summed E-state index contributed by atoms with van der Waals surface area (Å²) in [7, 11) is 0. The van der Waals surface area contributed by atoms with Gasteiger partial charge < -0.3 is 15.4 Å². The first kappa shape index (κ1) is 18.3. The molecule has 0 spiro atoms. The Morgan fingerprint density at radius 1 is 1.12 bits per heavy atom. The molecule has 0 saturated carbocycles. The molecular formula is C19H23ClN2O2. The molecule has 0 fully saturated rings. The van der Waals surface area contributed by atoms with Crippen molar-refractivity contribution >= 4 is 23.2 Å². The maximum Gasteiger partial charge on any atom is 0.225 e. The molecule has 0 atom stereocenters. The van der Waals surface area contributed by atoms with Gasteiger partial charge in [-0.25, -0.2) is 0 Å². The first-order valence-electron chi connectivity index (χ1n) is 8.15. The fraction of sp³-hybridized carbons (Fsp3) is 0.316. The predicted molar refractivity (Wildman–Crippen MR) is 98.9 cm³/mol. The van der Waals surface area contributed by atoms with Crippen LogP contribution in [0.1, 0.15) is 18.9 Å². The topological polar surface area (TPSA) is 50.4 Å². The maximum atomic E-state index is 11.9. The van der Waals surface area contributed by atoms with Gasteiger partial charge in [0, 0.05) is 23.7 Å². The predicted octanol–water partition coefficient (Wildman–Crippen LogP) is 3.90. The fourth-order valence-electron chi connectivity index (χ4n) is 2.28. The van der Waals surface area contributed by atoms with E-state index in [1.54, 1.807) is 0 Å². The normalized spacial score (nSPS) is 10.4. The highest BCUT2D eigenvalue weighted by atomic mass is 35.5. The highest BCUT2D eigenvalue weighted by molar-refractivity contribution is 6.30. The molecule has 2 aromatic rings. The van der Waals surface area contributed by atoms with Gasteiger partial charge in [-0.1, -0.05) is 23.7 Å². The number of rotatable bonds is 9. The van der Waals surface area contributed by atoms with E-state index >= 15 is 0 Å². The van der Waals surface area contributed by atoms with Gasteiger partial charge in [-0.05, 0) is 61.9 Å². The molecule has 0 heterocycles. The number of carbonyl (C=O) groups is 1. The number of anilines is 1. The van der Waals surface area contributed by atoms with Crippen LogP contribution in [0.25, 0.3) is 0 Å². The Morgan fingerprint density at radius 2 is 1.92 bits per heavy atom. The smallest absolute Gasteiger partial charge is 0.225 e. The molecule has 0 aromatic heterocycles. The molecule has 0 aliphatic rings. The Bertz CT molecular complexity index is 644. The molecule has 5 heteroatoms. The molecule has 2 N–H and O–H groups in total. The van der Waals surface area contributed by atoms with Gasteiger partial charge in [0.1, 0.15) is 5.75 Å². The molecule has 2 aromatic carbocycles. The minimum Gasteiger partial charge on any atom is -0.494 e. The lowest BCUT2D eigenvalue weighted by atomic mass is 10.1. The van der Waals surface area contributed by atoms with Crippen LogP contribution in [0.2, 0.25) is 5.02 Å². The third-order valence-corrected chi connectivity index (χ3v) is 3.69. The molecule has 0 bridgehead atoms. The SMILES string of the molecule is CCOc1ccc(NC(=O)CCNCCc2cccc(Cl)c2)cc1. The van der Waals surface area contributed by atoms with Gasteiger partial charge in [0.15, 0.2) is 0 Å². The lowest BCUT2D eigenvalue weighted by molar-refractivity contribution is -0.116. The molecule has 0 unspecified atom stereocenters. The van der Waals surface area contributed by atoms with Crippen LogP contribution in [-0.2, 0) is 11.2 Å². The van der Waals surface area contributed by atoms with Crippen molar-refractivity contribution in [3.63, 3.8) is 0 Å². The summed E-state index contributed by atoms with van der Waals surface area (Å²) in [6, 6.07) is 15.2. The summed E-state index contributed by atoms with van der Waals surface area (Å²) in [5.74, 6) is 0.799. The number of amides is 1. The average Bonchev–Trinajstić information content (AvgIpc) is 2.57. The zero-order valence-corrected chi connectivity index (χ0v) is 14.6. The number of benzene rings is 2. The summed E-state index contributed by atoms with van der Waals surface area (Å²) in [4.78, 5) is 11.9. The van der Waals surface area contributed by atoms with Crippen molar-refractivity contribution in [2.24, 2.45) is 0 Å². The van der Waals surface area contributed by atoms with Crippen molar-refractivity contribution in [3.05, 3.63) is 59.1 Å². The van der Waals surface area contributed by atoms with Gasteiger partial charge >= 0.3 is 0 Å². The zero-order valence-electron chi connectivity index (χ0n) is 13.8. The lowest BCUT2D eigenvalue weighted by Crippen LogP contribution is -2.23. The Kier molecular flexibility index (Phi) is 7.59. The quantitative estimate of drug-likeness (QED) is 0.677. The third-order valence-electron chi connectivity index (χ3n) is 3.46. The Balaban J connectivity index is 1.62. The second-order valence-electron chi connectivity index (χ2n) is 5.39. The highest BCUT2D eigenvalue weighted by Crippen LogP contribution is 2.15. The standard InChI is InChI=1S/C19H23ClN2O2/c1-2-24-18-8-6-17(7-9-18)22-19(23)11-13-21-12-10-15-4-3-5-16(20)14-15/h3-9,14,21H,2,10-13H2,1H3,(H,22,23). The van der Waals surface area contributed by atoms with Crippen LogP contribution in [0.3, 0.4) is 0 Å². The molecular weight excluding hydrogens is 324 g/mol. The van der Waals surface area contributed by atoms with Crippen molar-refractivity contribution in [2.75, 3.05) is 25.0 Å². The molecule has 0 radical (unpaired) electrons. The number of hydrogen-bond acceptors (Lipinski definition) is 3. The number of ether oxygens (including phenoxy) is 1. The van der Waals surface area contributed by atoms with Gasteiger partial charge in [0.2, 0.25) is 5.91 Å². The third kappa shape index (κ3) is 6.60. The van der Waals surface area contributed by atoms with Crippen molar-refractivity contribution in [1.29, 1.82) is 0 Å². The number of hydrogen-bond donors (Lipinski definition) is 2. The van der Waals surface area contributed by atoms with Crippen molar-refractivity contribution < 1.29 is 9.53 Å². The monoisotopic (exact) mass is 346 g/mol. The number of carbonyl (C=O) groups excluding carboxylic acids is 1. The van der Waals surface area contributed by atoms with Crippen LogP contribution < -0.4 is 15.4 Å². The van der Waals surface area contributed by atoms with Gasteiger partial charge in [-0.15, -0.1) is 0 Å². The second-order valence-corrected chi connectivity index (χ2v) is 5.82. The second kappa shape index (κ2) is 9.96. The van der Waals surface area contributed by atoms with Crippen LogP contribution in [0.4, 0.5) is 5.69 Å². The molecule has 0 aliphatic carbocycles. The Labute approximate surface area is 148 Å². The van der Waals surface area contributed by atoms with Crippen LogP contribution in [-0.4, -0.2) is 25.6 Å². The van der Waals surface area contributed by atoms with E-state index in [2.05, 4.69) is 10.6 Å². The molecule has 4 nitrogen and oxygen atoms in total. The van der Waals surface area contributed by atoms with Gasteiger partial charge in [0.25, 0.3) is 0 Å². The van der Waals surface area contributed by atoms with E-state index in [1.165, 1.54) is 5.56 Å². The molecule has 0 aliphatic heterocycles. The minimum atomic E-state index is -0.00517. The van der Waals surface area contributed by atoms with Crippen molar-refractivity contribution in [3.8, 4) is 5.75 Å². The van der Waals surface area contributed by atoms with E-state index in [0.717, 1.165) is 29.4 Å². The summed E-state index contributed by atoms with van der Waals surface area (Å²) < 4.78 is 5.37. The lowest BCUT2D eigenvalue weighted by Gasteiger charge is -2.08. The van der Waals surface area contributed by atoms with Crippen molar-refractivity contribution in [2.45, 2.75) is 19.8 Å². The molecule has 0 saturated heterocycles. The first-order valence-corrected chi connectivity index (χ1v) is 8.53. The molecule has 24 heavy (non-hydrogen) atoms. The van der Waals surface area contributed by atoms with Crippen LogP contribution in [0.5, 0.6) is 5.75 Å². The molecule has 2 rings (SSSR count). The summed E-state index contributed by atoms with van der Waals surface area (Å²) in [5.41, 5.74) is 1.97. The largest absolute Gasteiger partial charge is 0.494 e. The van der Waals surface area contributed by atoms with Crippen LogP contribution >= 0.6 is 11.6 Å². The van der Waals surface area contributed by atoms with E-state index in [9.17, 15) is 4.79 Å². The maximum absolute atomic E-state index is 11.9. The summed E-state index contributed by atoms with van der Waals surface area (Å²) in [5, 5.41) is 6.90. The van der Waals surface area contributed by atoms with E-state index in [4.69, 9.17) is 16.3 Å².